The summed E-state index contributed by atoms with van der Waals surface area (Å²) in [6.45, 7) is -0.0944. The monoisotopic (exact) mass is 287 g/mol. The number of aromatic amines is 1. The van der Waals surface area contributed by atoms with Gasteiger partial charge in [0.1, 0.15) is 11.4 Å². The molecular formula is C14H14FN5O. The first kappa shape index (κ1) is 13.3. The smallest absolute Gasteiger partial charge is 0.220 e. The Labute approximate surface area is 120 Å². The van der Waals surface area contributed by atoms with Crippen LogP contribution in [0.3, 0.4) is 0 Å². The second-order valence-corrected chi connectivity index (χ2v) is 4.43. The zero-order chi connectivity index (χ0) is 14.7. The molecule has 0 saturated heterocycles. The first-order chi connectivity index (χ1) is 10.3. The Kier molecular flexibility index (Phi) is 3.63. The number of pyridine rings is 1. The maximum absolute atomic E-state index is 12.2. The first-order valence-corrected chi connectivity index (χ1v) is 6.53. The topological polar surface area (TPSA) is 89.7 Å². The fourth-order valence-electron chi connectivity index (χ4n) is 2.11. The molecule has 0 aromatic carbocycles. The van der Waals surface area contributed by atoms with E-state index >= 15 is 0 Å². The number of nitrogens with one attached hydrogen (secondary N) is 1. The number of alkyl halides is 1. The highest BCUT2D eigenvalue weighted by Gasteiger charge is 2.13. The van der Waals surface area contributed by atoms with Crippen LogP contribution >= 0.6 is 0 Å². The summed E-state index contributed by atoms with van der Waals surface area (Å²) < 4.78 is 17.8. The van der Waals surface area contributed by atoms with Crippen LogP contribution in [0.1, 0.15) is 6.42 Å². The van der Waals surface area contributed by atoms with Crippen LogP contribution in [0, 0.1) is 0 Å². The maximum Gasteiger partial charge on any atom is 0.220 e. The molecule has 0 amide bonds. The van der Waals surface area contributed by atoms with E-state index in [4.69, 9.17) is 10.5 Å². The second-order valence-electron chi connectivity index (χ2n) is 4.43. The lowest BCUT2D eigenvalue weighted by Crippen LogP contribution is -1.99. The summed E-state index contributed by atoms with van der Waals surface area (Å²) in [7, 11) is 0. The highest BCUT2D eigenvalue weighted by Crippen LogP contribution is 2.33. The largest absolute Gasteiger partial charge is 0.493 e. The lowest BCUT2D eigenvalue weighted by Gasteiger charge is -2.07. The van der Waals surface area contributed by atoms with Gasteiger partial charge in [0.25, 0.3) is 0 Å². The normalized spacial score (nSPS) is 10.9. The van der Waals surface area contributed by atoms with Crippen molar-refractivity contribution in [3.05, 3.63) is 30.7 Å². The summed E-state index contributed by atoms with van der Waals surface area (Å²) in [5.41, 5.74) is 7.80. The van der Waals surface area contributed by atoms with Gasteiger partial charge in [-0.05, 0) is 12.1 Å². The van der Waals surface area contributed by atoms with Crippen molar-refractivity contribution < 1.29 is 9.13 Å². The van der Waals surface area contributed by atoms with Crippen molar-refractivity contribution in [1.29, 1.82) is 0 Å². The summed E-state index contributed by atoms with van der Waals surface area (Å²) in [6, 6.07) is 3.51. The number of hydrogen-bond acceptors (Lipinski definition) is 5. The minimum atomic E-state index is -0.406. The quantitative estimate of drug-likeness (QED) is 0.703. The Bertz CT molecular complexity index is 758. The number of H-pyrrole nitrogens is 1. The van der Waals surface area contributed by atoms with Crippen LogP contribution < -0.4 is 10.5 Å². The summed E-state index contributed by atoms with van der Waals surface area (Å²) in [5.74, 6) is 0.840. The molecule has 3 aromatic rings. The van der Waals surface area contributed by atoms with Gasteiger partial charge in [-0.2, -0.15) is 0 Å². The Morgan fingerprint density at radius 2 is 2.10 bits per heavy atom. The third kappa shape index (κ3) is 2.62. The second kappa shape index (κ2) is 5.74. The fraction of sp³-hybridized carbons (Fsp3) is 0.214. The van der Waals surface area contributed by atoms with Crippen molar-refractivity contribution in [2.75, 3.05) is 19.0 Å². The van der Waals surface area contributed by atoms with Crippen LogP contribution in [0.15, 0.2) is 30.7 Å². The molecular weight excluding hydrogens is 273 g/mol. The number of nitrogen functional groups attached to an aromatic ring is 1. The lowest BCUT2D eigenvalue weighted by molar-refractivity contribution is 0.292. The van der Waals surface area contributed by atoms with Crippen molar-refractivity contribution in [3.63, 3.8) is 0 Å². The van der Waals surface area contributed by atoms with E-state index in [0.717, 1.165) is 10.9 Å². The number of halogens is 1. The van der Waals surface area contributed by atoms with Crippen LogP contribution in [-0.2, 0) is 0 Å². The van der Waals surface area contributed by atoms with E-state index in [-0.39, 0.29) is 5.95 Å². The molecule has 0 radical (unpaired) electrons. The molecule has 0 spiro atoms. The third-order valence-electron chi connectivity index (χ3n) is 3.02. The predicted octanol–water partition coefficient (Wildman–Crippen LogP) is 2.34. The SMILES string of the molecule is Nc1nccc(-c2c[nH]c3nccc(OCCCF)c23)n1. The number of ether oxygens (including phenoxy) is 1. The number of fused-ring (bicyclic) bond motifs is 1. The van der Waals surface area contributed by atoms with Crippen molar-refractivity contribution in [2.24, 2.45) is 0 Å². The van der Waals surface area contributed by atoms with Crippen molar-refractivity contribution in [1.82, 2.24) is 19.9 Å². The highest BCUT2D eigenvalue weighted by molar-refractivity contribution is 5.97. The summed E-state index contributed by atoms with van der Waals surface area (Å²) in [6.07, 6.45) is 5.38. The van der Waals surface area contributed by atoms with Crippen LogP contribution in [-0.4, -0.2) is 33.2 Å². The van der Waals surface area contributed by atoms with Crippen LogP contribution in [0.4, 0.5) is 10.3 Å². The van der Waals surface area contributed by atoms with E-state index in [1.165, 1.54) is 0 Å². The van der Waals surface area contributed by atoms with Crippen LogP contribution in [0.25, 0.3) is 22.3 Å². The van der Waals surface area contributed by atoms with Gasteiger partial charge in [-0.3, -0.25) is 4.39 Å². The fourth-order valence-corrected chi connectivity index (χ4v) is 2.11. The molecule has 0 aliphatic heterocycles. The molecule has 0 fully saturated rings. The maximum atomic E-state index is 12.2. The van der Waals surface area contributed by atoms with Gasteiger partial charge in [-0.1, -0.05) is 0 Å². The molecule has 0 bridgehead atoms. The number of nitrogens with zero attached hydrogens (tertiary/aromatic N) is 3. The number of rotatable bonds is 5. The minimum Gasteiger partial charge on any atom is -0.493 e. The Balaban J connectivity index is 2.07. The molecule has 3 N–H and O–H groups in total. The molecule has 0 aliphatic carbocycles. The Morgan fingerprint density at radius 3 is 2.90 bits per heavy atom. The zero-order valence-corrected chi connectivity index (χ0v) is 11.2. The summed E-state index contributed by atoms with van der Waals surface area (Å²) in [5, 5.41) is 0.800. The van der Waals surface area contributed by atoms with Crippen LogP contribution in [0.5, 0.6) is 5.75 Å². The molecule has 3 aromatic heterocycles. The zero-order valence-electron chi connectivity index (χ0n) is 11.2. The average molecular weight is 287 g/mol. The molecule has 21 heavy (non-hydrogen) atoms. The molecule has 3 heterocycles. The number of anilines is 1. The van der Waals surface area contributed by atoms with Crippen molar-refractivity contribution in [3.8, 4) is 17.0 Å². The third-order valence-corrected chi connectivity index (χ3v) is 3.02. The number of nitrogens with two attached hydrogens (primary N) is 1. The van der Waals surface area contributed by atoms with E-state index < -0.39 is 6.67 Å². The summed E-state index contributed by atoms with van der Waals surface area (Å²) >= 11 is 0. The van der Waals surface area contributed by atoms with Gasteiger partial charge in [0.15, 0.2) is 0 Å². The molecule has 0 aliphatic rings. The van der Waals surface area contributed by atoms with E-state index in [2.05, 4.69) is 19.9 Å². The van der Waals surface area contributed by atoms with Gasteiger partial charge >= 0.3 is 0 Å². The standard InChI is InChI=1S/C14H14FN5O/c15-4-1-7-21-11-3-6-17-13-12(11)9(8-19-13)10-2-5-18-14(16)20-10/h2-3,5-6,8H,1,4,7H2,(H,17,19)(H2,16,18,20). The van der Waals surface area contributed by atoms with Gasteiger partial charge in [0.2, 0.25) is 5.95 Å². The summed E-state index contributed by atoms with van der Waals surface area (Å²) in [4.78, 5) is 15.4. The van der Waals surface area contributed by atoms with Gasteiger partial charge < -0.3 is 15.5 Å². The number of hydrogen-bond donors (Lipinski definition) is 2. The predicted molar refractivity (Wildman–Crippen MR) is 77.6 cm³/mol. The number of aromatic nitrogens is 4. The van der Waals surface area contributed by atoms with E-state index in [1.54, 1.807) is 30.7 Å². The van der Waals surface area contributed by atoms with E-state index in [1.807, 2.05) is 0 Å². The van der Waals surface area contributed by atoms with Gasteiger partial charge in [0, 0.05) is 30.6 Å². The van der Waals surface area contributed by atoms with E-state index in [0.29, 0.717) is 30.1 Å². The Hall–Kier alpha value is -2.70. The van der Waals surface area contributed by atoms with Crippen molar-refractivity contribution >= 4 is 17.0 Å². The highest BCUT2D eigenvalue weighted by atomic mass is 19.1. The van der Waals surface area contributed by atoms with E-state index in [9.17, 15) is 4.39 Å². The molecule has 6 nitrogen and oxygen atoms in total. The first-order valence-electron chi connectivity index (χ1n) is 6.53. The molecule has 0 unspecified atom stereocenters. The molecule has 108 valence electrons. The molecule has 3 rings (SSSR count). The van der Waals surface area contributed by atoms with Crippen molar-refractivity contribution in [2.45, 2.75) is 6.42 Å². The average Bonchev–Trinajstić information content (AvgIpc) is 2.92. The van der Waals surface area contributed by atoms with Crippen LogP contribution in [0.2, 0.25) is 0 Å². The Morgan fingerprint density at radius 1 is 1.24 bits per heavy atom. The van der Waals surface area contributed by atoms with Gasteiger partial charge in [0.05, 0.1) is 24.4 Å². The lowest BCUT2D eigenvalue weighted by atomic mass is 10.1. The molecule has 0 atom stereocenters. The molecule has 0 saturated carbocycles. The minimum absolute atomic E-state index is 0.200. The van der Waals surface area contributed by atoms with Gasteiger partial charge in [-0.25, -0.2) is 15.0 Å². The van der Waals surface area contributed by atoms with Gasteiger partial charge in [-0.15, -0.1) is 0 Å². The molecule has 7 heteroatoms.